The number of amides is 1. The Morgan fingerprint density at radius 3 is 2.73 bits per heavy atom. The van der Waals surface area contributed by atoms with Crippen molar-refractivity contribution in [2.45, 2.75) is 26.5 Å². The first-order chi connectivity index (χ1) is 16.0. The first kappa shape index (κ1) is 22.4. The Balaban J connectivity index is 1.24. The molecule has 8 heteroatoms. The predicted octanol–water partition coefficient (Wildman–Crippen LogP) is 5.22. The summed E-state index contributed by atoms with van der Waals surface area (Å²) < 4.78 is 25.6. The monoisotopic (exact) mass is 463 g/mol. The third kappa shape index (κ3) is 6.60. The molecule has 2 aromatic heterocycles. The second kappa shape index (κ2) is 10.7. The van der Waals surface area contributed by atoms with Gasteiger partial charge in [-0.25, -0.2) is 9.37 Å². The van der Waals surface area contributed by atoms with E-state index in [1.54, 1.807) is 24.4 Å². The second-order valence-electron chi connectivity index (χ2n) is 7.34. The van der Waals surface area contributed by atoms with Crippen LogP contribution in [0.15, 0.2) is 72.4 Å². The minimum atomic E-state index is -0.511. The summed E-state index contributed by atoms with van der Waals surface area (Å²) in [7, 11) is 0. The Bertz CT molecular complexity index is 1210. The molecule has 33 heavy (non-hydrogen) atoms. The van der Waals surface area contributed by atoms with Gasteiger partial charge in [0.1, 0.15) is 23.1 Å². The highest BCUT2D eigenvalue weighted by Gasteiger charge is 2.10. The summed E-state index contributed by atoms with van der Waals surface area (Å²) in [6, 6.07) is 15.8. The van der Waals surface area contributed by atoms with E-state index >= 15 is 0 Å². The summed E-state index contributed by atoms with van der Waals surface area (Å²) >= 11 is 1.45. The number of nitrogens with one attached hydrogen (secondary N) is 1. The number of benzene rings is 2. The smallest absolute Gasteiger partial charge is 0.226 e. The number of halogens is 1. The van der Waals surface area contributed by atoms with E-state index in [2.05, 4.69) is 15.3 Å². The average Bonchev–Trinajstić information content (AvgIpc) is 3.27. The number of pyridine rings is 1. The number of rotatable bonds is 9. The van der Waals surface area contributed by atoms with Gasteiger partial charge in [0.2, 0.25) is 5.91 Å². The number of ether oxygens (including phenoxy) is 2. The van der Waals surface area contributed by atoms with Gasteiger partial charge < -0.3 is 14.8 Å². The van der Waals surface area contributed by atoms with Crippen molar-refractivity contribution in [3.63, 3.8) is 0 Å². The maximum absolute atomic E-state index is 14.3. The standard InChI is InChI=1S/C25H22FN3O3S/c1-17-4-7-20(8-5-17)31-15-25-29-19(16-33-25)12-24(30)28-13-18-6-9-23(22(26)11-18)32-21-3-2-10-27-14-21/h2-11,14,16H,12-13,15H2,1H3,(H,28,30). The normalized spacial score (nSPS) is 10.6. The number of carbonyl (C=O) groups is 1. The van der Waals surface area contributed by atoms with Crippen molar-refractivity contribution in [1.82, 2.24) is 15.3 Å². The van der Waals surface area contributed by atoms with Crippen LogP contribution in [0.4, 0.5) is 4.39 Å². The van der Waals surface area contributed by atoms with Crippen molar-refractivity contribution in [1.29, 1.82) is 0 Å². The molecule has 0 saturated heterocycles. The molecular formula is C25H22FN3O3S. The molecule has 4 aromatic rings. The Morgan fingerprint density at radius 2 is 1.97 bits per heavy atom. The summed E-state index contributed by atoms with van der Waals surface area (Å²) in [6.07, 6.45) is 3.26. The van der Waals surface area contributed by atoms with Crippen LogP contribution in [-0.4, -0.2) is 15.9 Å². The number of hydrogen-bond acceptors (Lipinski definition) is 6. The molecule has 0 spiro atoms. The quantitative estimate of drug-likeness (QED) is 0.369. The lowest BCUT2D eigenvalue weighted by atomic mass is 10.2. The van der Waals surface area contributed by atoms with Crippen molar-refractivity contribution in [2.75, 3.05) is 0 Å². The number of aryl methyl sites for hydroxylation is 1. The van der Waals surface area contributed by atoms with Crippen LogP contribution < -0.4 is 14.8 Å². The molecule has 2 aromatic carbocycles. The molecule has 0 saturated carbocycles. The molecule has 168 valence electrons. The van der Waals surface area contributed by atoms with Crippen molar-refractivity contribution in [3.8, 4) is 17.2 Å². The third-order valence-corrected chi connectivity index (χ3v) is 5.54. The van der Waals surface area contributed by atoms with Gasteiger partial charge in [-0.3, -0.25) is 9.78 Å². The molecule has 0 aliphatic rings. The van der Waals surface area contributed by atoms with E-state index < -0.39 is 5.82 Å². The van der Waals surface area contributed by atoms with E-state index in [0.29, 0.717) is 23.6 Å². The highest BCUT2D eigenvalue weighted by Crippen LogP contribution is 2.24. The van der Waals surface area contributed by atoms with Crippen LogP contribution in [0.25, 0.3) is 0 Å². The van der Waals surface area contributed by atoms with Crippen LogP contribution in [0.3, 0.4) is 0 Å². The fraction of sp³-hybridized carbons (Fsp3) is 0.160. The van der Waals surface area contributed by atoms with Crippen LogP contribution in [0, 0.1) is 12.7 Å². The van der Waals surface area contributed by atoms with Crippen LogP contribution >= 0.6 is 11.3 Å². The van der Waals surface area contributed by atoms with Gasteiger partial charge in [-0.2, -0.15) is 0 Å². The van der Waals surface area contributed by atoms with E-state index in [1.807, 2.05) is 36.6 Å². The van der Waals surface area contributed by atoms with Gasteiger partial charge >= 0.3 is 0 Å². The average molecular weight is 464 g/mol. The SMILES string of the molecule is Cc1ccc(OCc2nc(CC(=O)NCc3ccc(Oc4cccnc4)c(F)c3)cs2)cc1. The lowest BCUT2D eigenvalue weighted by Gasteiger charge is -2.09. The lowest BCUT2D eigenvalue weighted by Crippen LogP contribution is -2.24. The Hall–Kier alpha value is -3.78. The number of thiazole rings is 1. The number of aromatic nitrogens is 2. The Kier molecular flexibility index (Phi) is 7.26. The van der Waals surface area contributed by atoms with E-state index in [0.717, 1.165) is 10.8 Å². The highest BCUT2D eigenvalue weighted by atomic mass is 32.1. The molecule has 0 atom stereocenters. The molecule has 0 fully saturated rings. The molecule has 0 bridgehead atoms. The molecule has 0 aliphatic heterocycles. The molecule has 0 unspecified atom stereocenters. The van der Waals surface area contributed by atoms with E-state index in [1.165, 1.54) is 35.2 Å². The Morgan fingerprint density at radius 1 is 1.12 bits per heavy atom. The van der Waals surface area contributed by atoms with E-state index in [9.17, 15) is 9.18 Å². The fourth-order valence-electron chi connectivity index (χ4n) is 2.98. The summed E-state index contributed by atoms with van der Waals surface area (Å²) in [4.78, 5) is 20.7. The van der Waals surface area contributed by atoms with Crippen molar-refractivity contribution >= 4 is 17.2 Å². The summed E-state index contributed by atoms with van der Waals surface area (Å²) in [6.45, 7) is 2.57. The number of hydrogen-bond donors (Lipinski definition) is 1. The van der Waals surface area contributed by atoms with Gasteiger partial charge in [0.15, 0.2) is 11.6 Å². The summed E-state index contributed by atoms with van der Waals surface area (Å²) in [5.41, 5.74) is 2.47. The van der Waals surface area contributed by atoms with E-state index in [4.69, 9.17) is 9.47 Å². The molecule has 2 heterocycles. The lowest BCUT2D eigenvalue weighted by molar-refractivity contribution is -0.120. The molecule has 4 rings (SSSR count). The number of carbonyl (C=O) groups excluding carboxylic acids is 1. The van der Waals surface area contributed by atoms with Gasteiger partial charge in [0, 0.05) is 18.1 Å². The van der Waals surface area contributed by atoms with Gasteiger partial charge in [-0.1, -0.05) is 23.8 Å². The maximum atomic E-state index is 14.3. The molecule has 1 amide bonds. The minimum absolute atomic E-state index is 0.0981. The van der Waals surface area contributed by atoms with Crippen LogP contribution in [0.5, 0.6) is 17.2 Å². The molecule has 0 aliphatic carbocycles. The molecule has 0 radical (unpaired) electrons. The van der Waals surface area contributed by atoms with Gasteiger partial charge in [0.05, 0.1) is 18.3 Å². The highest BCUT2D eigenvalue weighted by molar-refractivity contribution is 7.09. The maximum Gasteiger partial charge on any atom is 0.226 e. The number of nitrogens with zero attached hydrogens (tertiary/aromatic N) is 2. The van der Waals surface area contributed by atoms with Gasteiger partial charge in [-0.15, -0.1) is 11.3 Å². The molecule has 6 nitrogen and oxygen atoms in total. The fourth-order valence-corrected chi connectivity index (χ4v) is 3.68. The predicted molar refractivity (Wildman–Crippen MR) is 124 cm³/mol. The van der Waals surface area contributed by atoms with E-state index in [-0.39, 0.29) is 24.6 Å². The third-order valence-electron chi connectivity index (χ3n) is 4.67. The summed E-state index contributed by atoms with van der Waals surface area (Å²) in [5.74, 6) is 0.621. The summed E-state index contributed by atoms with van der Waals surface area (Å²) in [5, 5.41) is 5.43. The first-order valence-electron chi connectivity index (χ1n) is 10.3. The topological polar surface area (TPSA) is 73.3 Å². The van der Waals surface area contributed by atoms with Gasteiger partial charge in [-0.05, 0) is 48.9 Å². The first-order valence-corrected chi connectivity index (χ1v) is 11.2. The molecular weight excluding hydrogens is 441 g/mol. The van der Waals surface area contributed by atoms with Crippen LogP contribution in [0.1, 0.15) is 21.8 Å². The zero-order valence-electron chi connectivity index (χ0n) is 18.0. The van der Waals surface area contributed by atoms with Crippen molar-refractivity contribution in [2.24, 2.45) is 0 Å². The zero-order valence-corrected chi connectivity index (χ0v) is 18.8. The zero-order chi connectivity index (χ0) is 23.0. The minimum Gasteiger partial charge on any atom is -0.486 e. The van der Waals surface area contributed by atoms with Crippen molar-refractivity contribution < 1.29 is 18.7 Å². The van der Waals surface area contributed by atoms with Gasteiger partial charge in [0.25, 0.3) is 0 Å². The Labute approximate surface area is 195 Å². The van der Waals surface area contributed by atoms with Crippen LogP contribution in [0.2, 0.25) is 0 Å². The largest absolute Gasteiger partial charge is 0.486 e. The van der Waals surface area contributed by atoms with Crippen LogP contribution in [-0.2, 0) is 24.4 Å². The molecule has 1 N–H and O–H groups in total. The van der Waals surface area contributed by atoms with Crippen molar-refractivity contribution in [3.05, 3.63) is 100 Å². The second-order valence-corrected chi connectivity index (χ2v) is 8.29.